The number of nitrogens with zero attached hydrogens (tertiary/aromatic N) is 6. The molecule has 0 unspecified atom stereocenters. The normalized spacial score (nSPS) is 12.7. The van der Waals surface area contributed by atoms with Crippen LogP contribution in [-0.4, -0.2) is 20.5 Å². The van der Waals surface area contributed by atoms with Crippen molar-refractivity contribution in [3.63, 3.8) is 0 Å². The summed E-state index contributed by atoms with van der Waals surface area (Å²) in [6.07, 6.45) is 2.99. The van der Waals surface area contributed by atoms with Gasteiger partial charge in [-0.05, 0) is 31.2 Å². The molecule has 3 heterocycles. The van der Waals surface area contributed by atoms with E-state index in [1.54, 1.807) is 11.1 Å². The van der Waals surface area contributed by atoms with Gasteiger partial charge in [-0.1, -0.05) is 41.9 Å². The fourth-order valence-corrected chi connectivity index (χ4v) is 3.71. The molecule has 0 fully saturated rings. The van der Waals surface area contributed by atoms with E-state index in [9.17, 15) is 5.21 Å². The zero-order chi connectivity index (χ0) is 20.7. The summed E-state index contributed by atoms with van der Waals surface area (Å²) in [5.74, 6) is 1.34. The van der Waals surface area contributed by atoms with Crippen LogP contribution in [0.5, 0.6) is 0 Å². The zero-order valence-electron chi connectivity index (χ0n) is 16.1. The highest BCUT2D eigenvalue weighted by molar-refractivity contribution is 6.30. The van der Waals surface area contributed by atoms with Crippen molar-refractivity contribution in [2.45, 2.75) is 13.5 Å². The average Bonchev–Trinajstić information content (AvgIpc) is 3.07. The van der Waals surface area contributed by atoms with E-state index in [1.807, 2.05) is 66.1 Å². The molecule has 0 radical (unpaired) electrons. The molecule has 0 saturated heterocycles. The maximum absolute atomic E-state index is 11.8. The molecule has 1 aliphatic rings. The topological polar surface area (TPSA) is 73.2 Å². The lowest BCUT2D eigenvalue weighted by Crippen LogP contribution is -2.27. The number of hydrazone groups is 1. The van der Waals surface area contributed by atoms with Crippen LogP contribution < -0.4 is 9.74 Å². The van der Waals surface area contributed by atoms with Crippen LogP contribution in [0.2, 0.25) is 5.02 Å². The van der Waals surface area contributed by atoms with Crippen LogP contribution in [-0.2, 0) is 6.54 Å². The van der Waals surface area contributed by atoms with Crippen LogP contribution >= 0.6 is 11.6 Å². The first-order valence-corrected chi connectivity index (χ1v) is 9.79. The Bertz CT molecular complexity index is 1260. The van der Waals surface area contributed by atoms with Crippen molar-refractivity contribution in [1.82, 2.24) is 14.8 Å². The number of pyridine rings is 1. The van der Waals surface area contributed by atoms with E-state index in [2.05, 4.69) is 10.2 Å². The second-order valence-corrected chi connectivity index (χ2v) is 7.42. The Morgan fingerprint density at radius 3 is 2.60 bits per heavy atom. The van der Waals surface area contributed by atoms with Gasteiger partial charge in [0.25, 0.3) is 5.95 Å². The van der Waals surface area contributed by atoms with Crippen molar-refractivity contribution in [3.8, 4) is 5.69 Å². The van der Waals surface area contributed by atoms with Crippen LogP contribution in [0.4, 0.5) is 5.95 Å². The van der Waals surface area contributed by atoms with Gasteiger partial charge in [-0.3, -0.25) is 4.57 Å². The molecule has 0 spiro atoms. The van der Waals surface area contributed by atoms with Crippen molar-refractivity contribution in [1.29, 1.82) is 0 Å². The largest absolute Gasteiger partial charge is 0.619 e. The molecule has 2 aromatic heterocycles. The third-order valence-corrected chi connectivity index (χ3v) is 5.20. The summed E-state index contributed by atoms with van der Waals surface area (Å²) < 4.78 is 2.76. The van der Waals surface area contributed by atoms with Crippen molar-refractivity contribution in [2.24, 2.45) is 5.10 Å². The molecule has 0 amide bonds. The summed E-state index contributed by atoms with van der Waals surface area (Å²) in [7, 11) is 0. The standard InChI is InChI=1S/C22H17ClN6O/c1-15-24-25-22-28(14-16-5-4-12-27(30)13-16)26-21(17-8-10-18(23)11-9-17)19-6-2-3-7-20(19)29(15)22/h2-13H,14H2,1H3. The summed E-state index contributed by atoms with van der Waals surface area (Å²) in [4.78, 5) is 0. The molecule has 0 bridgehead atoms. The second-order valence-electron chi connectivity index (χ2n) is 6.99. The minimum atomic E-state index is 0.367. The van der Waals surface area contributed by atoms with Gasteiger partial charge >= 0.3 is 0 Å². The number of para-hydroxylation sites is 1. The Morgan fingerprint density at radius 1 is 1.00 bits per heavy atom. The van der Waals surface area contributed by atoms with Crippen LogP contribution in [0.25, 0.3) is 5.69 Å². The molecule has 0 N–H and O–H groups in total. The number of hydrogen-bond donors (Lipinski definition) is 0. The molecular formula is C22H17ClN6O. The van der Waals surface area contributed by atoms with E-state index < -0.39 is 0 Å². The van der Waals surface area contributed by atoms with Crippen molar-refractivity contribution >= 4 is 23.3 Å². The van der Waals surface area contributed by atoms with E-state index >= 15 is 0 Å². The molecule has 30 heavy (non-hydrogen) atoms. The Labute approximate surface area is 178 Å². The summed E-state index contributed by atoms with van der Waals surface area (Å²) in [5.41, 5.74) is 4.43. The Balaban J connectivity index is 1.73. The molecule has 0 aliphatic carbocycles. The van der Waals surface area contributed by atoms with Crippen LogP contribution in [0.1, 0.15) is 22.5 Å². The summed E-state index contributed by atoms with van der Waals surface area (Å²) in [5, 5.41) is 27.8. The Hall–Kier alpha value is -3.71. The number of halogens is 1. The van der Waals surface area contributed by atoms with Crippen LogP contribution in [0, 0.1) is 12.1 Å². The lowest BCUT2D eigenvalue weighted by atomic mass is 10.0. The van der Waals surface area contributed by atoms with Gasteiger partial charge in [-0.2, -0.15) is 9.83 Å². The minimum absolute atomic E-state index is 0.367. The second kappa shape index (κ2) is 7.27. The number of aromatic nitrogens is 4. The first-order chi connectivity index (χ1) is 14.6. The molecule has 7 nitrogen and oxygen atoms in total. The number of hydrogen-bond acceptors (Lipinski definition) is 5. The highest BCUT2D eigenvalue weighted by atomic mass is 35.5. The molecule has 0 atom stereocenters. The lowest BCUT2D eigenvalue weighted by Gasteiger charge is -2.17. The molecule has 148 valence electrons. The van der Waals surface area contributed by atoms with E-state index in [0.29, 0.717) is 17.5 Å². The van der Waals surface area contributed by atoms with Crippen LogP contribution in [0.3, 0.4) is 0 Å². The maximum Gasteiger partial charge on any atom is 0.252 e. The smallest absolute Gasteiger partial charge is 0.252 e. The number of aryl methyl sites for hydroxylation is 1. The fourth-order valence-electron chi connectivity index (χ4n) is 3.58. The van der Waals surface area contributed by atoms with Crippen molar-refractivity contribution in [3.05, 3.63) is 106 Å². The average molecular weight is 417 g/mol. The predicted octanol–water partition coefficient (Wildman–Crippen LogP) is 3.64. The third kappa shape index (κ3) is 3.19. The Morgan fingerprint density at radius 2 is 1.80 bits per heavy atom. The van der Waals surface area contributed by atoms with Gasteiger partial charge in [0.15, 0.2) is 12.4 Å². The lowest BCUT2D eigenvalue weighted by molar-refractivity contribution is -0.605. The Kier molecular flexibility index (Phi) is 4.44. The van der Waals surface area contributed by atoms with E-state index in [0.717, 1.165) is 38.6 Å². The monoisotopic (exact) mass is 416 g/mol. The van der Waals surface area contributed by atoms with E-state index in [-0.39, 0.29) is 0 Å². The molecule has 5 rings (SSSR count). The quantitative estimate of drug-likeness (QED) is 0.377. The molecular weight excluding hydrogens is 400 g/mol. The van der Waals surface area contributed by atoms with Gasteiger partial charge in [0.1, 0.15) is 11.5 Å². The summed E-state index contributed by atoms with van der Waals surface area (Å²) in [6, 6.07) is 19.2. The number of rotatable bonds is 3. The molecule has 1 aliphatic heterocycles. The number of fused-ring (bicyclic) bond motifs is 3. The number of anilines is 1. The highest BCUT2D eigenvalue weighted by Gasteiger charge is 2.26. The number of benzene rings is 2. The highest BCUT2D eigenvalue weighted by Crippen LogP contribution is 2.30. The van der Waals surface area contributed by atoms with Crippen molar-refractivity contribution < 1.29 is 4.73 Å². The predicted molar refractivity (Wildman–Crippen MR) is 115 cm³/mol. The SMILES string of the molecule is Cc1nnc2n1-c1ccccc1C(c1ccc(Cl)cc1)=NN2Cc1ccc[n+]([O-])c1. The van der Waals surface area contributed by atoms with Crippen LogP contribution in [0.15, 0.2) is 78.2 Å². The minimum Gasteiger partial charge on any atom is -0.619 e. The zero-order valence-corrected chi connectivity index (χ0v) is 16.9. The summed E-state index contributed by atoms with van der Waals surface area (Å²) >= 11 is 6.11. The summed E-state index contributed by atoms with van der Waals surface area (Å²) in [6.45, 7) is 2.28. The van der Waals surface area contributed by atoms with Crippen molar-refractivity contribution in [2.75, 3.05) is 5.01 Å². The first kappa shape index (κ1) is 18.3. The third-order valence-electron chi connectivity index (χ3n) is 4.95. The van der Waals surface area contributed by atoms with Gasteiger partial charge in [0.05, 0.1) is 12.2 Å². The van der Waals surface area contributed by atoms with Gasteiger partial charge in [0.2, 0.25) is 0 Å². The van der Waals surface area contributed by atoms with Gasteiger partial charge < -0.3 is 5.21 Å². The fraction of sp³-hybridized carbons (Fsp3) is 0.0909. The van der Waals surface area contributed by atoms with Gasteiger partial charge in [-0.25, -0.2) is 5.01 Å². The molecule has 2 aromatic carbocycles. The van der Waals surface area contributed by atoms with E-state index in [1.165, 1.54) is 12.4 Å². The molecule has 8 heteroatoms. The first-order valence-electron chi connectivity index (χ1n) is 9.42. The maximum atomic E-state index is 11.8. The van der Waals surface area contributed by atoms with Gasteiger partial charge in [0, 0.05) is 27.8 Å². The van der Waals surface area contributed by atoms with Gasteiger partial charge in [-0.15, -0.1) is 10.2 Å². The molecule has 4 aromatic rings. The van der Waals surface area contributed by atoms with E-state index in [4.69, 9.17) is 16.7 Å². The molecule has 0 saturated carbocycles.